The number of hydrogen-bond donors (Lipinski definition) is 0. The summed E-state index contributed by atoms with van der Waals surface area (Å²) >= 11 is 0. The molecule has 2 aromatic heterocycles. The molecule has 296 valence electrons. The zero-order chi connectivity index (χ0) is 42.8. The van der Waals surface area contributed by atoms with Crippen LogP contribution in [0.1, 0.15) is 19.4 Å². The van der Waals surface area contributed by atoms with Crippen molar-refractivity contribution >= 4 is 32.6 Å². The van der Waals surface area contributed by atoms with Gasteiger partial charge < -0.3 is 0 Å². The van der Waals surface area contributed by atoms with Crippen LogP contribution in [0.3, 0.4) is 0 Å². The third-order valence-corrected chi connectivity index (χ3v) is 10.4. The average molecular weight is 798 g/mol. The molecular weight excluding hydrogens is 755 g/mol. The second-order valence-electron chi connectivity index (χ2n) is 14.5. The highest BCUT2D eigenvalue weighted by Gasteiger charge is 2.20. The van der Waals surface area contributed by atoms with Gasteiger partial charge in [0.25, 0.3) is 0 Å². The SMILES string of the molecule is C=CC.C=CC.N#Cc1ccc(-c2nc3ccccc3nc2-c2ccc(-c3ccc(-c4nc(-c5ccccc5)cc(-c5ccccc5)n4)cc3)c3ccccc23)c2ccccc12. The Bertz CT molecular complexity index is 3180. The van der Waals surface area contributed by atoms with Gasteiger partial charge in [-0.15, -0.1) is 13.2 Å². The molecule has 0 fully saturated rings. The maximum Gasteiger partial charge on any atom is 0.160 e. The summed E-state index contributed by atoms with van der Waals surface area (Å²) in [4.78, 5) is 20.6. The van der Waals surface area contributed by atoms with E-state index < -0.39 is 0 Å². The van der Waals surface area contributed by atoms with Gasteiger partial charge in [-0.3, -0.25) is 0 Å². The molecule has 0 aliphatic carbocycles. The first-order valence-electron chi connectivity index (χ1n) is 20.5. The van der Waals surface area contributed by atoms with Crippen molar-refractivity contribution in [3.05, 3.63) is 219 Å². The molecule has 5 nitrogen and oxygen atoms in total. The largest absolute Gasteiger partial charge is 0.244 e. The van der Waals surface area contributed by atoms with Gasteiger partial charge in [0.05, 0.1) is 45.4 Å². The molecule has 0 unspecified atom stereocenters. The van der Waals surface area contributed by atoms with Crippen molar-refractivity contribution in [2.24, 2.45) is 0 Å². The second-order valence-corrected chi connectivity index (χ2v) is 14.5. The maximum absolute atomic E-state index is 9.91. The van der Waals surface area contributed by atoms with Gasteiger partial charge in [0, 0.05) is 33.2 Å². The quantitative estimate of drug-likeness (QED) is 0.157. The fourth-order valence-electron chi connectivity index (χ4n) is 7.62. The minimum absolute atomic E-state index is 0.632. The van der Waals surface area contributed by atoms with E-state index >= 15 is 0 Å². The molecule has 0 aliphatic heterocycles. The summed E-state index contributed by atoms with van der Waals surface area (Å²) in [5.41, 5.74) is 12.7. The number of fused-ring (bicyclic) bond motifs is 3. The molecule has 0 spiro atoms. The first-order valence-corrected chi connectivity index (χ1v) is 20.5. The predicted octanol–water partition coefficient (Wildman–Crippen LogP) is 15.0. The number of aromatic nitrogens is 4. The van der Waals surface area contributed by atoms with E-state index in [1.807, 2.05) is 105 Å². The Morgan fingerprint density at radius 2 is 0.790 bits per heavy atom. The minimum Gasteiger partial charge on any atom is -0.244 e. The number of allylic oxidation sites excluding steroid dienone is 2. The fourth-order valence-corrected chi connectivity index (χ4v) is 7.62. The smallest absolute Gasteiger partial charge is 0.160 e. The van der Waals surface area contributed by atoms with Crippen LogP contribution < -0.4 is 0 Å². The molecule has 10 rings (SSSR count). The molecule has 62 heavy (non-hydrogen) atoms. The van der Waals surface area contributed by atoms with Crippen LogP contribution in [-0.4, -0.2) is 19.9 Å². The van der Waals surface area contributed by atoms with E-state index in [4.69, 9.17) is 19.9 Å². The number of para-hydroxylation sites is 2. The summed E-state index contributed by atoms with van der Waals surface area (Å²) in [7, 11) is 0. The molecule has 0 atom stereocenters. The molecule has 0 bridgehead atoms. The van der Waals surface area contributed by atoms with Gasteiger partial charge in [0.15, 0.2) is 5.82 Å². The van der Waals surface area contributed by atoms with Gasteiger partial charge >= 0.3 is 0 Å². The molecule has 0 amide bonds. The van der Waals surface area contributed by atoms with Crippen LogP contribution in [0, 0.1) is 11.3 Å². The summed E-state index contributed by atoms with van der Waals surface area (Å²) in [6.07, 6.45) is 3.50. The zero-order valence-electron chi connectivity index (χ0n) is 34.7. The average Bonchev–Trinajstić information content (AvgIpc) is 3.34. The lowest BCUT2D eigenvalue weighted by atomic mass is 9.91. The normalized spacial score (nSPS) is 10.5. The van der Waals surface area contributed by atoms with Crippen molar-refractivity contribution in [2.45, 2.75) is 13.8 Å². The van der Waals surface area contributed by atoms with Crippen LogP contribution in [0.15, 0.2) is 213 Å². The van der Waals surface area contributed by atoms with Gasteiger partial charge in [0.1, 0.15) is 0 Å². The lowest BCUT2D eigenvalue weighted by Gasteiger charge is -2.16. The predicted molar refractivity (Wildman–Crippen MR) is 259 cm³/mol. The molecule has 5 heteroatoms. The van der Waals surface area contributed by atoms with E-state index in [1.165, 1.54) is 0 Å². The molecule has 10 aromatic rings. The van der Waals surface area contributed by atoms with E-state index in [1.54, 1.807) is 12.2 Å². The van der Waals surface area contributed by atoms with E-state index in [2.05, 4.69) is 116 Å². The van der Waals surface area contributed by atoms with Crippen molar-refractivity contribution in [3.8, 4) is 73.6 Å². The molecule has 2 heterocycles. The van der Waals surface area contributed by atoms with E-state index in [0.29, 0.717) is 11.4 Å². The van der Waals surface area contributed by atoms with Crippen LogP contribution in [0.4, 0.5) is 0 Å². The van der Waals surface area contributed by atoms with Crippen LogP contribution >= 0.6 is 0 Å². The monoisotopic (exact) mass is 797 g/mol. The van der Waals surface area contributed by atoms with Crippen molar-refractivity contribution < 1.29 is 0 Å². The Kier molecular flexibility index (Phi) is 12.2. The lowest BCUT2D eigenvalue weighted by molar-refractivity contribution is 1.18. The Morgan fingerprint density at radius 1 is 0.403 bits per heavy atom. The first kappa shape index (κ1) is 40.4. The molecular formula is C57H43N5. The van der Waals surface area contributed by atoms with Crippen LogP contribution in [0.5, 0.6) is 0 Å². The van der Waals surface area contributed by atoms with Gasteiger partial charge in [-0.2, -0.15) is 5.26 Å². The Morgan fingerprint density at radius 3 is 1.29 bits per heavy atom. The molecule has 0 N–H and O–H groups in total. The standard InChI is InChI=1S/C51H31N5.2C3H6/c52-32-37-27-28-43(41-19-8-7-17-38(37)41)49-50(54-46-22-12-11-21-45(46)53-49)44-30-29-39(40-18-9-10-20-42(40)44)33-23-25-36(26-24-33)51-55-47(34-13-3-1-4-14-34)31-48(56-51)35-15-5-2-6-16-35;2*1-3-2/h1-31H;2*3H,1H2,2H3. The summed E-state index contributed by atoms with van der Waals surface area (Å²) in [5, 5.41) is 13.9. The van der Waals surface area contributed by atoms with Gasteiger partial charge in [-0.05, 0) is 65.4 Å². The number of rotatable bonds is 6. The summed E-state index contributed by atoms with van der Waals surface area (Å²) < 4.78 is 0. The number of benzene rings is 8. The van der Waals surface area contributed by atoms with E-state index in [9.17, 15) is 5.26 Å². The highest BCUT2D eigenvalue weighted by Crippen LogP contribution is 2.41. The van der Waals surface area contributed by atoms with Crippen molar-refractivity contribution in [3.63, 3.8) is 0 Å². The molecule has 0 saturated heterocycles. The zero-order valence-corrected chi connectivity index (χ0v) is 34.7. The van der Waals surface area contributed by atoms with Gasteiger partial charge in [-0.25, -0.2) is 19.9 Å². The van der Waals surface area contributed by atoms with Crippen molar-refractivity contribution in [1.82, 2.24) is 19.9 Å². The Hall–Kier alpha value is -8.33. The van der Waals surface area contributed by atoms with Gasteiger partial charge in [-0.1, -0.05) is 176 Å². The summed E-state index contributed by atoms with van der Waals surface area (Å²) in [6.45, 7) is 10.5. The first-order chi connectivity index (χ1) is 30.5. The highest BCUT2D eigenvalue weighted by molar-refractivity contribution is 6.09. The van der Waals surface area contributed by atoms with Crippen LogP contribution in [0.2, 0.25) is 0 Å². The third kappa shape index (κ3) is 8.27. The van der Waals surface area contributed by atoms with Crippen LogP contribution in [0.25, 0.3) is 100 Å². The molecule has 8 aromatic carbocycles. The molecule has 0 saturated carbocycles. The molecule has 0 aliphatic rings. The Labute approximate surface area is 362 Å². The summed E-state index contributed by atoms with van der Waals surface area (Å²) in [6, 6.07) is 66.2. The minimum atomic E-state index is 0.632. The van der Waals surface area contributed by atoms with E-state index in [0.717, 1.165) is 94.3 Å². The van der Waals surface area contributed by atoms with E-state index in [-0.39, 0.29) is 0 Å². The van der Waals surface area contributed by atoms with Crippen molar-refractivity contribution in [1.29, 1.82) is 5.26 Å². The van der Waals surface area contributed by atoms with Gasteiger partial charge in [0.2, 0.25) is 0 Å². The number of hydrogen-bond acceptors (Lipinski definition) is 5. The maximum atomic E-state index is 9.91. The fraction of sp³-hybridized carbons (Fsp3) is 0.0351. The lowest BCUT2D eigenvalue weighted by Crippen LogP contribution is -1.98. The number of nitrogens with zero attached hydrogens (tertiary/aromatic N) is 5. The highest BCUT2D eigenvalue weighted by atomic mass is 14.9. The Balaban J connectivity index is 0.000000836. The molecule has 0 radical (unpaired) electrons. The topological polar surface area (TPSA) is 75.3 Å². The summed E-state index contributed by atoms with van der Waals surface area (Å²) in [5.74, 6) is 0.676. The van der Waals surface area contributed by atoms with Crippen LogP contribution in [-0.2, 0) is 0 Å². The third-order valence-electron chi connectivity index (χ3n) is 10.4. The second kappa shape index (κ2) is 18.7. The number of nitriles is 1. The van der Waals surface area contributed by atoms with Crippen molar-refractivity contribution in [2.75, 3.05) is 0 Å².